The molecule has 0 radical (unpaired) electrons. The van der Waals surface area contributed by atoms with Gasteiger partial charge in [-0.15, -0.1) is 0 Å². The fourth-order valence-electron chi connectivity index (χ4n) is 1.80. The Balaban J connectivity index is 1.97. The molecule has 2 rings (SSSR count). The van der Waals surface area contributed by atoms with E-state index in [1.165, 1.54) is 0 Å². The molecule has 2 amide bonds. The maximum absolute atomic E-state index is 11.5. The van der Waals surface area contributed by atoms with E-state index in [0.717, 1.165) is 5.76 Å². The van der Waals surface area contributed by atoms with E-state index in [1.54, 1.807) is 6.07 Å². The molecule has 2 unspecified atom stereocenters. The zero-order valence-electron chi connectivity index (χ0n) is 9.33. The van der Waals surface area contributed by atoms with Gasteiger partial charge in [0.1, 0.15) is 5.76 Å². The lowest BCUT2D eigenvalue weighted by Crippen LogP contribution is -2.51. The maximum atomic E-state index is 11.5. The quantitative estimate of drug-likeness (QED) is 0.830. The van der Waals surface area contributed by atoms with Crippen LogP contribution in [0.25, 0.3) is 0 Å². The number of furan rings is 1. The van der Waals surface area contributed by atoms with E-state index >= 15 is 0 Å². The largest absolute Gasteiger partial charge is 0.453 e. The van der Waals surface area contributed by atoms with Crippen LogP contribution < -0.4 is 10.6 Å². The zero-order chi connectivity index (χ0) is 12.4. The summed E-state index contributed by atoms with van der Waals surface area (Å²) in [6, 6.07) is 3.22. The van der Waals surface area contributed by atoms with Gasteiger partial charge in [-0.3, -0.25) is 20.2 Å². The summed E-state index contributed by atoms with van der Waals surface area (Å²) < 4.78 is 6.06. The molecule has 1 aliphatic heterocycles. The molecule has 5 nitrogen and oxygen atoms in total. The van der Waals surface area contributed by atoms with Crippen LogP contribution in [0.1, 0.15) is 31.6 Å². The van der Waals surface area contributed by atoms with Gasteiger partial charge in [-0.05, 0) is 41.4 Å². The van der Waals surface area contributed by atoms with Gasteiger partial charge < -0.3 is 4.42 Å². The summed E-state index contributed by atoms with van der Waals surface area (Å²) in [6.07, 6.45) is 0.898. The monoisotopic (exact) mass is 300 g/mol. The van der Waals surface area contributed by atoms with E-state index in [1.807, 2.05) is 13.0 Å². The van der Waals surface area contributed by atoms with Crippen LogP contribution in [-0.4, -0.2) is 17.9 Å². The first-order valence-electron chi connectivity index (χ1n) is 5.41. The van der Waals surface area contributed by atoms with Crippen LogP contribution in [-0.2, 0) is 9.59 Å². The topological polar surface area (TPSA) is 71.3 Å². The number of carbonyl (C=O) groups excluding carboxylic acids is 2. The van der Waals surface area contributed by atoms with Crippen LogP contribution in [0.4, 0.5) is 0 Å². The predicted molar refractivity (Wildman–Crippen MR) is 64.1 cm³/mol. The van der Waals surface area contributed by atoms with Gasteiger partial charge in [-0.2, -0.15) is 0 Å². The van der Waals surface area contributed by atoms with Crippen molar-refractivity contribution in [1.29, 1.82) is 0 Å². The average Bonchev–Trinajstić information content (AvgIpc) is 2.69. The van der Waals surface area contributed by atoms with Gasteiger partial charge in [0.05, 0.1) is 12.1 Å². The molecule has 2 heterocycles. The minimum absolute atomic E-state index is 0.0785. The van der Waals surface area contributed by atoms with Gasteiger partial charge in [0.15, 0.2) is 4.67 Å². The van der Waals surface area contributed by atoms with E-state index in [4.69, 9.17) is 4.42 Å². The molecule has 0 bridgehead atoms. The first kappa shape index (κ1) is 12.3. The summed E-state index contributed by atoms with van der Waals surface area (Å²) >= 11 is 3.23. The Morgan fingerprint density at radius 3 is 2.88 bits per heavy atom. The minimum Gasteiger partial charge on any atom is -0.453 e. The highest BCUT2D eigenvalue weighted by Crippen LogP contribution is 2.21. The SMILES string of the molecule is CC(NC1CCC(=O)NC1=O)c1ccc(Br)o1. The second-order valence-electron chi connectivity index (χ2n) is 4.03. The molecule has 1 aromatic heterocycles. The molecular weight excluding hydrogens is 288 g/mol. The molecule has 6 heteroatoms. The Morgan fingerprint density at radius 2 is 2.29 bits per heavy atom. The number of rotatable bonds is 3. The number of nitrogens with one attached hydrogen (secondary N) is 2. The summed E-state index contributed by atoms with van der Waals surface area (Å²) in [5.74, 6) is 0.279. The van der Waals surface area contributed by atoms with E-state index < -0.39 is 0 Å². The number of imide groups is 1. The molecule has 1 aliphatic rings. The Morgan fingerprint density at radius 1 is 1.53 bits per heavy atom. The number of hydrogen-bond donors (Lipinski definition) is 2. The van der Waals surface area contributed by atoms with Crippen molar-refractivity contribution in [2.24, 2.45) is 0 Å². The van der Waals surface area contributed by atoms with Crippen molar-refractivity contribution in [2.75, 3.05) is 0 Å². The number of hydrogen-bond acceptors (Lipinski definition) is 4. The molecule has 0 aliphatic carbocycles. The van der Waals surface area contributed by atoms with Crippen molar-refractivity contribution < 1.29 is 14.0 Å². The molecular formula is C11H13BrN2O3. The predicted octanol–water partition coefficient (Wildman–Crippen LogP) is 1.50. The number of piperidine rings is 1. The molecule has 0 aromatic carbocycles. The summed E-state index contributed by atoms with van der Waals surface area (Å²) in [4.78, 5) is 22.5. The normalized spacial score (nSPS) is 22.4. The fraction of sp³-hybridized carbons (Fsp3) is 0.455. The molecule has 0 saturated carbocycles. The van der Waals surface area contributed by atoms with E-state index in [9.17, 15) is 9.59 Å². The van der Waals surface area contributed by atoms with Gasteiger partial charge in [0.2, 0.25) is 11.8 Å². The second-order valence-corrected chi connectivity index (χ2v) is 4.82. The lowest BCUT2D eigenvalue weighted by Gasteiger charge is -2.24. The van der Waals surface area contributed by atoms with Crippen molar-refractivity contribution in [1.82, 2.24) is 10.6 Å². The highest BCUT2D eigenvalue weighted by molar-refractivity contribution is 9.10. The molecule has 1 saturated heterocycles. The smallest absolute Gasteiger partial charge is 0.243 e. The van der Waals surface area contributed by atoms with Crippen LogP contribution in [0.3, 0.4) is 0 Å². The lowest BCUT2D eigenvalue weighted by molar-refractivity contribution is -0.134. The van der Waals surface area contributed by atoms with Crippen LogP contribution in [0.15, 0.2) is 21.2 Å². The van der Waals surface area contributed by atoms with Crippen LogP contribution in [0.2, 0.25) is 0 Å². The Hall–Kier alpha value is -1.14. The standard InChI is InChI=1S/C11H13BrN2O3/c1-6(8-3-4-9(12)17-8)13-7-2-5-10(15)14-11(7)16/h3-4,6-7,13H,2,5H2,1H3,(H,14,15,16). The van der Waals surface area contributed by atoms with Crippen molar-refractivity contribution in [3.63, 3.8) is 0 Å². The molecule has 1 fully saturated rings. The summed E-state index contributed by atoms with van der Waals surface area (Å²) in [5.41, 5.74) is 0. The third kappa shape index (κ3) is 2.95. The fourth-order valence-corrected chi connectivity index (χ4v) is 2.12. The zero-order valence-corrected chi connectivity index (χ0v) is 10.9. The van der Waals surface area contributed by atoms with Gasteiger partial charge in [0.25, 0.3) is 0 Å². The van der Waals surface area contributed by atoms with Crippen molar-refractivity contribution in [3.05, 3.63) is 22.6 Å². The highest BCUT2D eigenvalue weighted by Gasteiger charge is 2.28. The number of amides is 2. The van der Waals surface area contributed by atoms with Crippen molar-refractivity contribution >= 4 is 27.7 Å². The van der Waals surface area contributed by atoms with E-state index in [0.29, 0.717) is 17.5 Å². The summed E-state index contributed by atoms with van der Waals surface area (Å²) in [7, 11) is 0. The Kier molecular flexibility index (Phi) is 3.63. The third-order valence-electron chi connectivity index (χ3n) is 2.71. The third-order valence-corrected chi connectivity index (χ3v) is 3.14. The number of carbonyl (C=O) groups is 2. The number of halogens is 1. The summed E-state index contributed by atoms with van der Waals surface area (Å²) in [6.45, 7) is 1.91. The van der Waals surface area contributed by atoms with Crippen LogP contribution in [0, 0.1) is 0 Å². The first-order chi connectivity index (χ1) is 8.06. The van der Waals surface area contributed by atoms with E-state index in [2.05, 4.69) is 26.6 Å². The lowest BCUT2D eigenvalue weighted by atomic mass is 10.0. The first-order valence-corrected chi connectivity index (χ1v) is 6.20. The molecule has 92 valence electrons. The van der Waals surface area contributed by atoms with Crippen LogP contribution >= 0.6 is 15.9 Å². The van der Waals surface area contributed by atoms with Gasteiger partial charge in [0, 0.05) is 6.42 Å². The van der Waals surface area contributed by atoms with Crippen molar-refractivity contribution in [3.8, 4) is 0 Å². The Bertz CT molecular complexity index is 444. The second kappa shape index (κ2) is 5.01. The average molecular weight is 301 g/mol. The Labute approximate surface area is 107 Å². The van der Waals surface area contributed by atoms with E-state index in [-0.39, 0.29) is 23.9 Å². The molecule has 0 spiro atoms. The molecule has 2 N–H and O–H groups in total. The minimum atomic E-state index is -0.341. The van der Waals surface area contributed by atoms with Gasteiger partial charge in [-0.25, -0.2) is 0 Å². The van der Waals surface area contributed by atoms with Gasteiger partial charge >= 0.3 is 0 Å². The van der Waals surface area contributed by atoms with Crippen LogP contribution in [0.5, 0.6) is 0 Å². The molecule has 2 atom stereocenters. The maximum Gasteiger partial charge on any atom is 0.243 e. The molecule has 1 aromatic rings. The van der Waals surface area contributed by atoms with Crippen molar-refractivity contribution in [2.45, 2.75) is 31.8 Å². The molecule has 17 heavy (non-hydrogen) atoms. The highest BCUT2D eigenvalue weighted by atomic mass is 79.9. The summed E-state index contributed by atoms with van der Waals surface area (Å²) in [5, 5.41) is 5.45. The van der Waals surface area contributed by atoms with Gasteiger partial charge in [-0.1, -0.05) is 0 Å².